The molecule has 0 atom stereocenters. The average Bonchev–Trinajstić information content (AvgIpc) is 2.88. The second kappa shape index (κ2) is 5.75. The van der Waals surface area contributed by atoms with Crippen molar-refractivity contribution >= 4 is 11.3 Å². The third kappa shape index (κ3) is 2.81. The molecule has 2 N–H and O–H groups in total. The molecule has 0 radical (unpaired) electrons. The summed E-state index contributed by atoms with van der Waals surface area (Å²) >= 11 is 0. The van der Waals surface area contributed by atoms with Crippen LogP contribution in [0, 0.1) is 0 Å². The van der Waals surface area contributed by atoms with Crippen LogP contribution in [0.3, 0.4) is 0 Å². The molecule has 0 spiro atoms. The summed E-state index contributed by atoms with van der Waals surface area (Å²) in [5.41, 5.74) is 9.73. The maximum atomic E-state index is 5.89. The number of benzene rings is 1. The van der Waals surface area contributed by atoms with E-state index in [0.717, 1.165) is 29.0 Å². The number of hydrogen-bond acceptors (Lipinski definition) is 3. The highest BCUT2D eigenvalue weighted by Crippen LogP contribution is 2.11. The maximum Gasteiger partial charge on any atom is 0.137 e. The minimum absolute atomic E-state index is 0.522. The Morgan fingerprint density at radius 1 is 1.10 bits per heavy atom. The van der Waals surface area contributed by atoms with Crippen molar-refractivity contribution in [2.45, 2.75) is 13.0 Å². The van der Waals surface area contributed by atoms with E-state index in [4.69, 9.17) is 10.5 Å². The number of fused-ring (bicyclic) bond motifs is 1. The van der Waals surface area contributed by atoms with Crippen molar-refractivity contribution in [3.63, 3.8) is 0 Å². The minimum Gasteiger partial charge on any atom is -0.399 e. The number of hydrogen-bond donors (Lipinski definition) is 1. The Labute approximate surface area is 117 Å². The van der Waals surface area contributed by atoms with Crippen molar-refractivity contribution in [3.05, 3.63) is 66.1 Å². The van der Waals surface area contributed by atoms with Crippen molar-refractivity contribution in [2.75, 3.05) is 12.3 Å². The van der Waals surface area contributed by atoms with Crippen LogP contribution in [-0.4, -0.2) is 16.0 Å². The smallest absolute Gasteiger partial charge is 0.137 e. The molecule has 0 saturated heterocycles. The molecule has 1 aromatic carbocycles. The fourth-order valence-electron chi connectivity index (χ4n) is 2.18. The quantitative estimate of drug-likeness (QED) is 0.571. The van der Waals surface area contributed by atoms with Gasteiger partial charge < -0.3 is 14.9 Å². The molecule has 0 fully saturated rings. The molecule has 2 heterocycles. The zero-order chi connectivity index (χ0) is 13.8. The number of aromatic nitrogens is 2. The van der Waals surface area contributed by atoms with Gasteiger partial charge in [0.2, 0.25) is 0 Å². The number of imidazole rings is 1. The zero-order valence-corrected chi connectivity index (χ0v) is 11.2. The first-order chi connectivity index (χ1) is 9.83. The third-order valence-corrected chi connectivity index (χ3v) is 3.23. The van der Waals surface area contributed by atoms with Crippen LogP contribution in [0.15, 0.2) is 54.9 Å². The van der Waals surface area contributed by atoms with Crippen LogP contribution in [0.25, 0.3) is 5.65 Å². The van der Waals surface area contributed by atoms with E-state index < -0.39 is 0 Å². The molecule has 4 nitrogen and oxygen atoms in total. The second-order valence-electron chi connectivity index (χ2n) is 4.70. The Balaban J connectivity index is 1.54. The zero-order valence-electron chi connectivity index (χ0n) is 11.2. The van der Waals surface area contributed by atoms with Crippen molar-refractivity contribution < 1.29 is 4.74 Å². The van der Waals surface area contributed by atoms with Crippen LogP contribution in [0.4, 0.5) is 5.69 Å². The van der Waals surface area contributed by atoms with E-state index >= 15 is 0 Å². The van der Waals surface area contributed by atoms with Crippen molar-refractivity contribution in [2.24, 2.45) is 0 Å². The lowest BCUT2D eigenvalue weighted by molar-refractivity contribution is 0.121. The van der Waals surface area contributed by atoms with Crippen molar-refractivity contribution in [1.29, 1.82) is 0 Å². The standard InChI is InChI=1S/C16H17N3O/c17-15-6-2-1-5-13(15)8-10-20-12-14-11-19-9-4-3-7-16(19)18-14/h1-7,9,11H,8,10,12,17H2. The summed E-state index contributed by atoms with van der Waals surface area (Å²) < 4.78 is 7.67. The Morgan fingerprint density at radius 3 is 2.80 bits per heavy atom. The third-order valence-electron chi connectivity index (χ3n) is 3.23. The second-order valence-corrected chi connectivity index (χ2v) is 4.70. The molecule has 102 valence electrons. The summed E-state index contributed by atoms with van der Waals surface area (Å²) in [6.07, 6.45) is 4.79. The van der Waals surface area contributed by atoms with Gasteiger partial charge in [-0.15, -0.1) is 0 Å². The Morgan fingerprint density at radius 2 is 1.95 bits per heavy atom. The molecule has 4 heteroatoms. The lowest BCUT2D eigenvalue weighted by Gasteiger charge is -2.05. The van der Waals surface area contributed by atoms with Crippen LogP contribution in [-0.2, 0) is 17.8 Å². The van der Waals surface area contributed by atoms with Crippen LogP contribution in [0.5, 0.6) is 0 Å². The number of anilines is 1. The first kappa shape index (κ1) is 12.7. The summed E-state index contributed by atoms with van der Waals surface area (Å²) in [5.74, 6) is 0. The van der Waals surface area contributed by atoms with Gasteiger partial charge in [-0.3, -0.25) is 0 Å². The Kier molecular flexibility index (Phi) is 3.65. The molecule has 3 rings (SSSR count). The van der Waals surface area contributed by atoms with Gasteiger partial charge >= 0.3 is 0 Å². The number of nitrogen functional groups attached to an aromatic ring is 1. The Hall–Kier alpha value is -2.33. The Bertz CT molecular complexity index is 673. The number of ether oxygens (including phenoxy) is 1. The van der Waals surface area contributed by atoms with Gasteiger partial charge in [-0.1, -0.05) is 24.3 Å². The normalized spacial score (nSPS) is 11.0. The van der Waals surface area contributed by atoms with E-state index in [1.165, 1.54) is 0 Å². The first-order valence-electron chi connectivity index (χ1n) is 6.67. The monoisotopic (exact) mass is 267 g/mol. The predicted molar refractivity (Wildman–Crippen MR) is 79.4 cm³/mol. The van der Waals surface area contributed by atoms with Crippen molar-refractivity contribution in [1.82, 2.24) is 9.38 Å². The van der Waals surface area contributed by atoms with Gasteiger partial charge in [0.1, 0.15) is 5.65 Å². The number of rotatable bonds is 5. The highest BCUT2D eigenvalue weighted by Gasteiger charge is 2.02. The molecular formula is C16H17N3O. The van der Waals surface area contributed by atoms with Crippen LogP contribution >= 0.6 is 0 Å². The maximum absolute atomic E-state index is 5.89. The molecule has 0 bridgehead atoms. The number of para-hydroxylation sites is 1. The van der Waals surface area contributed by atoms with Gasteiger partial charge in [-0.05, 0) is 30.2 Å². The summed E-state index contributed by atoms with van der Waals surface area (Å²) in [6, 6.07) is 13.8. The van der Waals surface area contributed by atoms with Crippen LogP contribution in [0.1, 0.15) is 11.3 Å². The summed E-state index contributed by atoms with van der Waals surface area (Å²) in [4.78, 5) is 4.49. The summed E-state index contributed by atoms with van der Waals surface area (Å²) in [7, 11) is 0. The number of pyridine rings is 1. The molecule has 0 amide bonds. The fourth-order valence-corrected chi connectivity index (χ4v) is 2.18. The van der Waals surface area contributed by atoms with E-state index in [1.54, 1.807) is 0 Å². The molecule has 0 aliphatic heterocycles. The van der Waals surface area contributed by atoms with Gasteiger partial charge in [0.05, 0.1) is 18.9 Å². The average molecular weight is 267 g/mol. The molecule has 2 aromatic heterocycles. The fraction of sp³-hybridized carbons (Fsp3) is 0.188. The van der Waals surface area contributed by atoms with Crippen molar-refractivity contribution in [3.8, 4) is 0 Å². The van der Waals surface area contributed by atoms with E-state index in [1.807, 2.05) is 59.3 Å². The number of nitrogens with two attached hydrogens (primary N) is 1. The first-order valence-corrected chi connectivity index (χ1v) is 6.67. The van der Waals surface area contributed by atoms with Gasteiger partial charge in [-0.2, -0.15) is 0 Å². The van der Waals surface area contributed by atoms with Gasteiger partial charge in [-0.25, -0.2) is 4.98 Å². The topological polar surface area (TPSA) is 52.5 Å². The minimum atomic E-state index is 0.522. The van der Waals surface area contributed by atoms with Gasteiger partial charge in [0, 0.05) is 18.1 Å². The molecule has 3 aromatic rings. The molecule has 0 aliphatic carbocycles. The molecule has 0 unspecified atom stereocenters. The van der Waals surface area contributed by atoms with Crippen LogP contribution in [0.2, 0.25) is 0 Å². The lowest BCUT2D eigenvalue weighted by atomic mass is 10.1. The van der Waals surface area contributed by atoms with E-state index in [0.29, 0.717) is 13.2 Å². The molecule has 0 aliphatic rings. The SMILES string of the molecule is Nc1ccccc1CCOCc1cn2ccccc2n1. The molecule has 0 saturated carbocycles. The van der Waals surface area contributed by atoms with E-state index in [9.17, 15) is 0 Å². The van der Waals surface area contributed by atoms with Gasteiger partial charge in [0.15, 0.2) is 0 Å². The van der Waals surface area contributed by atoms with Crippen LogP contribution < -0.4 is 5.73 Å². The number of nitrogens with zero attached hydrogens (tertiary/aromatic N) is 2. The molecule has 20 heavy (non-hydrogen) atoms. The van der Waals surface area contributed by atoms with Gasteiger partial charge in [0.25, 0.3) is 0 Å². The van der Waals surface area contributed by atoms with E-state index in [2.05, 4.69) is 4.98 Å². The summed E-state index contributed by atoms with van der Waals surface area (Å²) in [6.45, 7) is 1.16. The highest BCUT2D eigenvalue weighted by atomic mass is 16.5. The molecular weight excluding hydrogens is 250 g/mol. The highest BCUT2D eigenvalue weighted by molar-refractivity contribution is 5.46. The predicted octanol–water partition coefficient (Wildman–Crippen LogP) is 2.68. The largest absolute Gasteiger partial charge is 0.399 e. The summed E-state index contributed by atoms with van der Waals surface area (Å²) in [5, 5.41) is 0. The lowest BCUT2D eigenvalue weighted by Crippen LogP contribution is -2.01. The van der Waals surface area contributed by atoms with E-state index in [-0.39, 0.29) is 0 Å².